The molecule has 3 aromatic carbocycles. The highest BCUT2D eigenvalue weighted by Crippen LogP contribution is 2.29. The lowest BCUT2D eigenvalue weighted by atomic mass is 10.0. The highest BCUT2D eigenvalue weighted by atomic mass is 16.8. The molecule has 7 heteroatoms. The van der Waals surface area contributed by atoms with Crippen LogP contribution in [0.3, 0.4) is 0 Å². The molecule has 0 saturated carbocycles. The lowest BCUT2D eigenvalue weighted by Gasteiger charge is -2.37. The summed E-state index contributed by atoms with van der Waals surface area (Å²) in [6.45, 7) is 11.4. The van der Waals surface area contributed by atoms with Crippen molar-refractivity contribution in [1.29, 1.82) is 0 Å². The summed E-state index contributed by atoms with van der Waals surface area (Å²) in [5, 5.41) is 0. The fourth-order valence-corrected chi connectivity index (χ4v) is 4.88. The minimum Gasteiger partial charge on any atom is -0.432 e. The van der Waals surface area contributed by atoms with Crippen molar-refractivity contribution in [2.24, 2.45) is 5.92 Å². The molecular weight excluding hydrogens is 504 g/mol. The maximum absolute atomic E-state index is 12.9. The maximum atomic E-state index is 12.9. The molecule has 2 fully saturated rings. The number of esters is 1. The molecule has 0 bridgehead atoms. The van der Waals surface area contributed by atoms with Gasteiger partial charge in [0.25, 0.3) is 0 Å². The van der Waals surface area contributed by atoms with Gasteiger partial charge in [0.1, 0.15) is 0 Å². The van der Waals surface area contributed by atoms with Crippen molar-refractivity contribution in [3.05, 3.63) is 90.5 Å². The molecule has 2 heterocycles. The predicted molar refractivity (Wildman–Crippen MR) is 157 cm³/mol. The molecule has 40 heavy (non-hydrogen) atoms. The molecule has 2 saturated heterocycles. The van der Waals surface area contributed by atoms with Gasteiger partial charge in [0.05, 0.1) is 12.5 Å². The zero-order chi connectivity index (χ0) is 28.5. The predicted octanol–water partition coefficient (Wildman–Crippen LogP) is 5.54. The third-order valence-corrected chi connectivity index (χ3v) is 7.08. The quantitative estimate of drug-likeness (QED) is 0.364. The van der Waals surface area contributed by atoms with Crippen molar-refractivity contribution in [1.82, 2.24) is 4.90 Å². The van der Waals surface area contributed by atoms with E-state index in [1.54, 1.807) is 20.8 Å². The van der Waals surface area contributed by atoms with E-state index in [0.29, 0.717) is 13.1 Å². The van der Waals surface area contributed by atoms with Gasteiger partial charge in [-0.15, -0.1) is 0 Å². The lowest BCUT2D eigenvalue weighted by Crippen LogP contribution is -2.52. The van der Waals surface area contributed by atoms with Gasteiger partial charge in [0.2, 0.25) is 11.7 Å². The molecule has 2 atom stereocenters. The van der Waals surface area contributed by atoms with Crippen LogP contribution in [-0.2, 0) is 30.4 Å². The average Bonchev–Trinajstić information content (AvgIpc) is 3.28. The van der Waals surface area contributed by atoms with Crippen molar-refractivity contribution >= 4 is 17.6 Å². The Labute approximate surface area is 237 Å². The molecule has 7 nitrogen and oxygen atoms in total. The Morgan fingerprint density at radius 1 is 0.900 bits per heavy atom. The zero-order valence-electron chi connectivity index (χ0n) is 23.9. The van der Waals surface area contributed by atoms with Gasteiger partial charge in [-0.3, -0.25) is 4.79 Å². The van der Waals surface area contributed by atoms with Crippen LogP contribution in [0.25, 0.3) is 11.1 Å². The van der Waals surface area contributed by atoms with Crippen molar-refractivity contribution in [3.8, 4) is 11.1 Å². The topological polar surface area (TPSA) is 68.3 Å². The van der Waals surface area contributed by atoms with Crippen molar-refractivity contribution in [2.75, 3.05) is 37.7 Å². The summed E-state index contributed by atoms with van der Waals surface area (Å²) in [4.78, 5) is 29.1. The van der Waals surface area contributed by atoms with Crippen LogP contribution in [0.5, 0.6) is 0 Å². The number of nitrogens with zero attached hydrogens (tertiary/aromatic N) is 2. The number of hydrogen-bond donors (Lipinski definition) is 0. The van der Waals surface area contributed by atoms with Gasteiger partial charge in [-0.2, -0.15) is 0 Å². The number of hydrogen-bond acceptors (Lipinski definition) is 6. The van der Waals surface area contributed by atoms with Crippen LogP contribution < -0.4 is 4.90 Å². The Morgan fingerprint density at radius 2 is 1.48 bits per heavy atom. The summed E-state index contributed by atoms with van der Waals surface area (Å²) in [5.74, 6) is -2.05. The van der Waals surface area contributed by atoms with Crippen LogP contribution in [0, 0.1) is 5.92 Å². The zero-order valence-corrected chi connectivity index (χ0v) is 23.9. The third-order valence-electron chi connectivity index (χ3n) is 7.08. The van der Waals surface area contributed by atoms with Crippen molar-refractivity contribution < 1.29 is 23.8 Å². The third kappa shape index (κ3) is 7.71. The first-order chi connectivity index (χ1) is 19.3. The molecular formula is C33H40N2O5. The van der Waals surface area contributed by atoms with E-state index in [2.05, 4.69) is 53.4 Å². The number of cyclic esters (lactones) is 1. The molecule has 0 aliphatic carbocycles. The lowest BCUT2D eigenvalue weighted by molar-refractivity contribution is -0.162. The Hall–Kier alpha value is -3.68. The minimum absolute atomic E-state index is 0.0614. The molecule has 0 N–H and O–H groups in total. The summed E-state index contributed by atoms with van der Waals surface area (Å²) in [7, 11) is 0. The smallest absolute Gasteiger partial charge is 0.338 e. The summed E-state index contributed by atoms with van der Waals surface area (Å²) < 4.78 is 16.1. The number of amides is 1. The van der Waals surface area contributed by atoms with Crippen molar-refractivity contribution in [3.63, 3.8) is 0 Å². The van der Waals surface area contributed by atoms with Gasteiger partial charge >= 0.3 is 5.97 Å². The van der Waals surface area contributed by atoms with Crippen LogP contribution in [-0.4, -0.2) is 61.5 Å². The molecule has 0 unspecified atom stereocenters. The molecule has 2 aliphatic heterocycles. The summed E-state index contributed by atoms with van der Waals surface area (Å²) in [6.07, 6.45) is -0.837. The first kappa shape index (κ1) is 29.3. The SMILES string of the molecule is CCOCc1ccccc1.C[C@H](C(=O)N1CCN(c2ccc(-c3ccccc3)cc2)CC1)[C@H]1OC(C)(C)OC1=O. The van der Waals surface area contributed by atoms with Crippen LogP contribution >= 0.6 is 0 Å². The number of anilines is 1. The van der Waals surface area contributed by atoms with Gasteiger partial charge in [-0.25, -0.2) is 4.79 Å². The molecule has 0 aromatic heterocycles. The van der Waals surface area contributed by atoms with Gasteiger partial charge in [-0.05, 0) is 35.7 Å². The minimum atomic E-state index is -0.971. The molecule has 212 valence electrons. The number of carbonyl (C=O) groups excluding carboxylic acids is 2. The van der Waals surface area contributed by atoms with E-state index in [9.17, 15) is 9.59 Å². The number of benzene rings is 3. The molecule has 3 aromatic rings. The molecule has 1 amide bonds. The second-order valence-electron chi connectivity index (χ2n) is 10.5. The monoisotopic (exact) mass is 544 g/mol. The van der Waals surface area contributed by atoms with Gasteiger partial charge in [0.15, 0.2) is 6.10 Å². The van der Waals surface area contributed by atoms with Crippen molar-refractivity contribution in [2.45, 2.75) is 46.2 Å². The Balaban J connectivity index is 0.000000312. The standard InChI is InChI=1S/C24H28N2O4.C9H12O/c1-17(21-23(28)30-24(2,3)29-21)22(27)26-15-13-25(14-16-26)20-11-9-19(10-12-20)18-7-5-4-6-8-18;1-2-10-8-9-6-4-3-5-7-9/h4-12,17,21H,13-16H2,1-3H3;3-7H,2,8H2,1H3/t17-,21+;/m0./s1. The summed E-state index contributed by atoms with van der Waals surface area (Å²) in [5.41, 5.74) is 4.78. The largest absolute Gasteiger partial charge is 0.432 e. The van der Waals surface area contributed by atoms with Crippen LogP contribution in [0.2, 0.25) is 0 Å². The number of piperazine rings is 1. The Bertz CT molecular complexity index is 1220. The number of carbonyl (C=O) groups is 2. The molecule has 0 spiro atoms. The normalized spacial score (nSPS) is 18.9. The van der Waals surface area contributed by atoms with E-state index in [1.165, 1.54) is 16.7 Å². The van der Waals surface area contributed by atoms with E-state index in [0.717, 1.165) is 32.0 Å². The van der Waals surface area contributed by atoms with Crippen LogP contribution in [0.15, 0.2) is 84.9 Å². The molecule has 5 rings (SSSR count). The molecule has 0 radical (unpaired) electrons. The number of rotatable bonds is 7. The Kier molecular flexibility index (Phi) is 9.96. The van der Waals surface area contributed by atoms with Gasteiger partial charge < -0.3 is 24.0 Å². The van der Waals surface area contributed by atoms with E-state index >= 15 is 0 Å². The molecule has 2 aliphatic rings. The maximum Gasteiger partial charge on any atom is 0.338 e. The highest BCUT2D eigenvalue weighted by Gasteiger charge is 2.46. The first-order valence-electron chi connectivity index (χ1n) is 14.0. The second-order valence-corrected chi connectivity index (χ2v) is 10.5. The second kappa shape index (κ2) is 13.6. The van der Waals surface area contributed by atoms with Crippen LogP contribution in [0.1, 0.15) is 33.3 Å². The first-order valence-corrected chi connectivity index (χ1v) is 14.0. The Morgan fingerprint density at radius 3 is 2.02 bits per heavy atom. The van der Waals surface area contributed by atoms with E-state index in [-0.39, 0.29) is 5.91 Å². The van der Waals surface area contributed by atoms with E-state index in [1.807, 2.05) is 48.2 Å². The summed E-state index contributed by atoms with van der Waals surface area (Å²) >= 11 is 0. The summed E-state index contributed by atoms with van der Waals surface area (Å²) in [6, 6.07) is 29.0. The highest BCUT2D eigenvalue weighted by molar-refractivity contribution is 5.87. The van der Waals surface area contributed by atoms with Crippen LogP contribution in [0.4, 0.5) is 5.69 Å². The van der Waals surface area contributed by atoms with E-state index in [4.69, 9.17) is 14.2 Å². The fourth-order valence-electron chi connectivity index (χ4n) is 4.88. The average molecular weight is 545 g/mol. The van der Waals surface area contributed by atoms with E-state index < -0.39 is 23.8 Å². The number of ether oxygens (including phenoxy) is 3. The van der Waals surface area contributed by atoms with Gasteiger partial charge in [0, 0.05) is 52.3 Å². The fraction of sp³-hybridized carbons (Fsp3) is 0.394. The van der Waals surface area contributed by atoms with Gasteiger partial charge in [-0.1, -0.05) is 79.7 Å².